The smallest absolute Gasteiger partial charge is 0.256 e. The average molecular weight is 276 g/mol. The van der Waals surface area contributed by atoms with Crippen LogP contribution >= 0.6 is 0 Å². The average Bonchev–Trinajstić information content (AvgIpc) is 3.05. The highest BCUT2D eigenvalue weighted by atomic mass is 16.5. The fourth-order valence-electron chi connectivity index (χ4n) is 2.29. The molecule has 7 nitrogen and oxygen atoms in total. The maximum Gasteiger partial charge on any atom is 0.256 e. The summed E-state index contributed by atoms with van der Waals surface area (Å²) in [6, 6.07) is 0. The Hall–Kier alpha value is -2.15. The van der Waals surface area contributed by atoms with Gasteiger partial charge < -0.3 is 14.6 Å². The SMILES string of the molecule is Cc1oncc1C(=O)NCCn1ncc2c1CCOC2. The van der Waals surface area contributed by atoms with Gasteiger partial charge in [-0.1, -0.05) is 5.16 Å². The molecule has 20 heavy (non-hydrogen) atoms. The van der Waals surface area contributed by atoms with Crippen molar-refractivity contribution in [3.63, 3.8) is 0 Å². The summed E-state index contributed by atoms with van der Waals surface area (Å²) in [4.78, 5) is 11.9. The summed E-state index contributed by atoms with van der Waals surface area (Å²) < 4.78 is 12.2. The summed E-state index contributed by atoms with van der Waals surface area (Å²) >= 11 is 0. The molecule has 0 atom stereocenters. The molecule has 0 bridgehead atoms. The van der Waals surface area contributed by atoms with Crippen LogP contribution in [0.2, 0.25) is 0 Å². The molecular formula is C13H16N4O3. The molecule has 1 aliphatic rings. The van der Waals surface area contributed by atoms with Crippen molar-refractivity contribution in [1.82, 2.24) is 20.3 Å². The summed E-state index contributed by atoms with van der Waals surface area (Å²) in [6.07, 6.45) is 4.13. The molecule has 106 valence electrons. The Morgan fingerprint density at radius 3 is 3.20 bits per heavy atom. The highest BCUT2D eigenvalue weighted by Gasteiger charge is 2.16. The minimum atomic E-state index is -0.173. The lowest BCUT2D eigenvalue weighted by molar-refractivity contribution is 0.0948. The van der Waals surface area contributed by atoms with Gasteiger partial charge in [-0.05, 0) is 6.92 Å². The number of hydrogen-bond donors (Lipinski definition) is 1. The van der Waals surface area contributed by atoms with E-state index in [4.69, 9.17) is 9.26 Å². The molecule has 0 saturated carbocycles. The van der Waals surface area contributed by atoms with Crippen LogP contribution < -0.4 is 5.32 Å². The van der Waals surface area contributed by atoms with Gasteiger partial charge in [-0.3, -0.25) is 9.48 Å². The molecule has 0 unspecified atom stereocenters. The zero-order valence-corrected chi connectivity index (χ0v) is 11.3. The van der Waals surface area contributed by atoms with E-state index >= 15 is 0 Å². The quantitative estimate of drug-likeness (QED) is 0.888. The van der Waals surface area contributed by atoms with Gasteiger partial charge in [0.15, 0.2) is 0 Å². The van der Waals surface area contributed by atoms with E-state index in [1.54, 1.807) is 6.92 Å². The first kappa shape index (κ1) is 12.9. The summed E-state index contributed by atoms with van der Waals surface area (Å²) in [7, 11) is 0. The first-order valence-electron chi connectivity index (χ1n) is 6.56. The molecule has 0 fully saturated rings. The second kappa shape index (κ2) is 5.46. The van der Waals surface area contributed by atoms with E-state index in [9.17, 15) is 4.79 Å². The Kier molecular flexibility index (Phi) is 3.51. The van der Waals surface area contributed by atoms with Crippen molar-refractivity contribution >= 4 is 5.91 Å². The zero-order chi connectivity index (χ0) is 13.9. The molecule has 7 heteroatoms. The van der Waals surface area contributed by atoms with Gasteiger partial charge in [0.25, 0.3) is 5.91 Å². The number of hydrogen-bond acceptors (Lipinski definition) is 5. The van der Waals surface area contributed by atoms with Crippen molar-refractivity contribution in [2.24, 2.45) is 0 Å². The minimum Gasteiger partial charge on any atom is -0.376 e. The number of aromatic nitrogens is 3. The number of nitrogens with one attached hydrogen (secondary N) is 1. The predicted octanol–water partition coefficient (Wildman–Crippen LogP) is 0.682. The molecule has 2 aromatic rings. The number of rotatable bonds is 4. The number of ether oxygens (including phenoxy) is 1. The molecule has 3 rings (SSSR count). The molecule has 3 heterocycles. The van der Waals surface area contributed by atoms with Crippen LogP contribution in [0.5, 0.6) is 0 Å². The van der Waals surface area contributed by atoms with Crippen LogP contribution in [0.3, 0.4) is 0 Å². The van der Waals surface area contributed by atoms with Gasteiger partial charge in [0.1, 0.15) is 11.3 Å². The number of amides is 1. The van der Waals surface area contributed by atoms with Gasteiger partial charge >= 0.3 is 0 Å². The summed E-state index contributed by atoms with van der Waals surface area (Å²) in [5, 5.41) is 10.8. The zero-order valence-electron chi connectivity index (χ0n) is 11.3. The summed E-state index contributed by atoms with van der Waals surface area (Å²) in [5.74, 6) is 0.351. The first-order chi connectivity index (χ1) is 9.75. The predicted molar refractivity (Wildman–Crippen MR) is 69.2 cm³/mol. The van der Waals surface area contributed by atoms with Gasteiger partial charge in [-0.25, -0.2) is 0 Å². The lowest BCUT2D eigenvalue weighted by atomic mass is 10.2. The van der Waals surface area contributed by atoms with Crippen molar-refractivity contribution in [3.8, 4) is 0 Å². The van der Waals surface area contributed by atoms with Gasteiger partial charge in [0.2, 0.25) is 0 Å². The van der Waals surface area contributed by atoms with Crippen LogP contribution in [0.4, 0.5) is 0 Å². The molecule has 0 aliphatic carbocycles. The maximum atomic E-state index is 11.9. The number of carbonyl (C=O) groups excluding carboxylic acids is 1. The van der Waals surface area contributed by atoms with E-state index in [2.05, 4.69) is 15.6 Å². The van der Waals surface area contributed by atoms with Crippen LogP contribution in [0.25, 0.3) is 0 Å². The molecule has 1 N–H and O–H groups in total. The third-order valence-electron chi connectivity index (χ3n) is 3.38. The largest absolute Gasteiger partial charge is 0.376 e. The molecule has 0 saturated heterocycles. The Labute approximate surface area is 115 Å². The Bertz CT molecular complexity index is 617. The number of aryl methyl sites for hydroxylation is 1. The third-order valence-corrected chi connectivity index (χ3v) is 3.38. The van der Waals surface area contributed by atoms with Gasteiger partial charge in [-0.2, -0.15) is 5.10 Å². The van der Waals surface area contributed by atoms with E-state index in [0.29, 0.717) is 31.0 Å². The molecular weight excluding hydrogens is 260 g/mol. The fourth-order valence-corrected chi connectivity index (χ4v) is 2.29. The van der Waals surface area contributed by atoms with Crippen molar-refractivity contribution in [1.29, 1.82) is 0 Å². The lowest BCUT2D eigenvalue weighted by Gasteiger charge is -2.14. The monoisotopic (exact) mass is 276 g/mol. The van der Waals surface area contributed by atoms with Crippen molar-refractivity contribution < 1.29 is 14.1 Å². The standard InChI is InChI=1S/C13H16N4O3/c1-9-11(7-16-20-9)13(18)14-3-4-17-12-2-5-19-8-10(12)6-15-17/h6-7H,2-5,8H2,1H3,(H,14,18). The van der Waals surface area contributed by atoms with E-state index in [0.717, 1.165) is 18.6 Å². The first-order valence-corrected chi connectivity index (χ1v) is 6.56. The maximum absolute atomic E-state index is 11.9. The molecule has 0 aromatic carbocycles. The van der Waals surface area contributed by atoms with Crippen LogP contribution in [0.15, 0.2) is 16.9 Å². The van der Waals surface area contributed by atoms with E-state index in [-0.39, 0.29) is 5.91 Å². The Balaban J connectivity index is 1.57. The van der Waals surface area contributed by atoms with Crippen LogP contribution in [0.1, 0.15) is 27.4 Å². The topological polar surface area (TPSA) is 82.2 Å². The van der Waals surface area contributed by atoms with Crippen LogP contribution in [-0.4, -0.2) is 34.0 Å². The van der Waals surface area contributed by atoms with Crippen molar-refractivity contribution in [2.45, 2.75) is 26.5 Å². The molecule has 1 amide bonds. The molecule has 1 aliphatic heterocycles. The van der Waals surface area contributed by atoms with Gasteiger partial charge in [-0.15, -0.1) is 0 Å². The molecule has 0 spiro atoms. The molecule has 2 aromatic heterocycles. The van der Waals surface area contributed by atoms with Crippen molar-refractivity contribution in [2.75, 3.05) is 13.2 Å². The van der Waals surface area contributed by atoms with Gasteiger partial charge in [0, 0.05) is 24.2 Å². The summed E-state index contributed by atoms with van der Waals surface area (Å²) in [5.41, 5.74) is 2.81. The summed E-state index contributed by atoms with van der Waals surface area (Å²) in [6.45, 7) is 4.22. The normalized spacial score (nSPS) is 14.1. The number of carbonyl (C=O) groups is 1. The fraction of sp³-hybridized carbons (Fsp3) is 0.462. The van der Waals surface area contributed by atoms with Crippen molar-refractivity contribution in [3.05, 3.63) is 35.0 Å². The van der Waals surface area contributed by atoms with E-state index < -0.39 is 0 Å². The van der Waals surface area contributed by atoms with Crippen LogP contribution in [0, 0.1) is 6.92 Å². The van der Waals surface area contributed by atoms with E-state index in [1.807, 2.05) is 10.9 Å². The minimum absolute atomic E-state index is 0.173. The number of fused-ring (bicyclic) bond motifs is 1. The Morgan fingerprint density at radius 1 is 1.50 bits per heavy atom. The lowest BCUT2D eigenvalue weighted by Crippen LogP contribution is -2.28. The molecule has 0 radical (unpaired) electrons. The second-order valence-electron chi connectivity index (χ2n) is 4.69. The Morgan fingerprint density at radius 2 is 2.40 bits per heavy atom. The van der Waals surface area contributed by atoms with Crippen LogP contribution in [-0.2, 0) is 24.3 Å². The third kappa shape index (κ3) is 2.44. The second-order valence-corrected chi connectivity index (χ2v) is 4.69. The highest BCUT2D eigenvalue weighted by Crippen LogP contribution is 2.15. The van der Waals surface area contributed by atoms with Gasteiger partial charge in [0.05, 0.1) is 32.2 Å². The highest BCUT2D eigenvalue weighted by molar-refractivity contribution is 5.94. The number of nitrogens with zero attached hydrogens (tertiary/aromatic N) is 3. The van der Waals surface area contributed by atoms with E-state index in [1.165, 1.54) is 11.9 Å².